The van der Waals surface area contributed by atoms with E-state index in [1.807, 2.05) is 13.8 Å². The van der Waals surface area contributed by atoms with E-state index in [1.165, 1.54) is 7.05 Å². The number of hydrogen-bond donors (Lipinski definition) is 4. The minimum Gasteiger partial charge on any atom is -0.481 e. The van der Waals surface area contributed by atoms with Crippen molar-refractivity contribution in [1.29, 1.82) is 0 Å². The summed E-state index contributed by atoms with van der Waals surface area (Å²) in [6.45, 7) is 4.16. The smallest absolute Gasteiger partial charge is 0.314 e. The Bertz CT molecular complexity index is 318. The van der Waals surface area contributed by atoms with Crippen LogP contribution in [0.4, 0.5) is 4.79 Å². The van der Waals surface area contributed by atoms with E-state index < -0.39 is 17.9 Å². The molecule has 7 nitrogen and oxygen atoms in total. The average molecular weight is 273 g/mol. The highest BCUT2D eigenvalue weighted by Gasteiger charge is 2.19. The number of urea groups is 1. The van der Waals surface area contributed by atoms with Crippen LogP contribution in [0.25, 0.3) is 0 Å². The van der Waals surface area contributed by atoms with E-state index in [2.05, 4.69) is 16.0 Å². The second-order valence-electron chi connectivity index (χ2n) is 4.72. The normalized spacial score (nSPS) is 11.8. The van der Waals surface area contributed by atoms with Crippen LogP contribution >= 0.6 is 0 Å². The number of carboxylic acids is 1. The maximum atomic E-state index is 11.4. The van der Waals surface area contributed by atoms with Crippen molar-refractivity contribution < 1.29 is 19.5 Å². The predicted molar refractivity (Wildman–Crippen MR) is 70.7 cm³/mol. The van der Waals surface area contributed by atoms with E-state index >= 15 is 0 Å². The van der Waals surface area contributed by atoms with Gasteiger partial charge in [0.15, 0.2) is 0 Å². The molecule has 0 aromatic rings. The lowest BCUT2D eigenvalue weighted by molar-refractivity contribution is -0.142. The van der Waals surface area contributed by atoms with Crippen LogP contribution in [-0.4, -0.2) is 43.2 Å². The van der Waals surface area contributed by atoms with E-state index in [-0.39, 0.29) is 31.3 Å². The topological polar surface area (TPSA) is 108 Å². The number of nitrogens with one attached hydrogen (secondary N) is 3. The molecular formula is C12H23N3O4. The Morgan fingerprint density at radius 1 is 1.16 bits per heavy atom. The van der Waals surface area contributed by atoms with Gasteiger partial charge in [0.05, 0.1) is 5.92 Å². The van der Waals surface area contributed by atoms with Crippen LogP contribution in [-0.2, 0) is 9.59 Å². The van der Waals surface area contributed by atoms with Crippen LogP contribution in [0.1, 0.15) is 26.7 Å². The van der Waals surface area contributed by atoms with Gasteiger partial charge in [0, 0.05) is 26.6 Å². The highest BCUT2D eigenvalue weighted by molar-refractivity contribution is 5.78. The quantitative estimate of drug-likeness (QED) is 0.505. The summed E-state index contributed by atoms with van der Waals surface area (Å²) in [5.41, 5.74) is 0. The van der Waals surface area contributed by atoms with Crippen LogP contribution in [0.2, 0.25) is 0 Å². The SMILES string of the molecule is CNC(=O)CCNC(=O)NCC(CC(C)C)C(=O)O. The zero-order chi connectivity index (χ0) is 14.8. The molecule has 7 heteroatoms. The van der Waals surface area contributed by atoms with E-state index in [9.17, 15) is 14.4 Å². The fourth-order valence-electron chi connectivity index (χ4n) is 1.53. The first-order chi connectivity index (χ1) is 8.86. The van der Waals surface area contributed by atoms with Gasteiger partial charge in [-0.2, -0.15) is 0 Å². The predicted octanol–water partition coefficient (Wildman–Crippen LogP) is 0.169. The molecule has 0 rings (SSSR count). The second-order valence-corrected chi connectivity index (χ2v) is 4.72. The number of carbonyl (C=O) groups is 3. The number of amides is 3. The molecule has 4 N–H and O–H groups in total. The Balaban J connectivity index is 3.92. The average Bonchev–Trinajstić information content (AvgIpc) is 2.33. The van der Waals surface area contributed by atoms with Gasteiger partial charge >= 0.3 is 12.0 Å². The largest absolute Gasteiger partial charge is 0.481 e. The van der Waals surface area contributed by atoms with Crippen molar-refractivity contribution in [2.45, 2.75) is 26.7 Å². The lowest BCUT2D eigenvalue weighted by Gasteiger charge is -2.15. The molecule has 1 unspecified atom stereocenters. The first-order valence-electron chi connectivity index (χ1n) is 6.31. The van der Waals surface area contributed by atoms with Crippen LogP contribution < -0.4 is 16.0 Å². The first kappa shape index (κ1) is 17.2. The van der Waals surface area contributed by atoms with Gasteiger partial charge in [-0.25, -0.2) is 4.79 Å². The summed E-state index contributed by atoms with van der Waals surface area (Å²) in [5.74, 6) is -1.42. The van der Waals surface area contributed by atoms with E-state index in [0.717, 1.165) is 0 Å². The molecule has 0 radical (unpaired) electrons. The maximum Gasteiger partial charge on any atom is 0.314 e. The lowest BCUT2D eigenvalue weighted by atomic mass is 9.97. The fourth-order valence-corrected chi connectivity index (χ4v) is 1.53. The van der Waals surface area contributed by atoms with Crippen LogP contribution in [0.15, 0.2) is 0 Å². The zero-order valence-electron chi connectivity index (χ0n) is 11.7. The Morgan fingerprint density at radius 3 is 2.26 bits per heavy atom. The van der Waals surface area contributed by atoms with Crippen molar-refractivity contribution in [3.63, 3.8) is 0 Å². The van der Waals surface area contributed by atoms with Gasteiger partial charge in [0.1, 0.15) is 0 Å². The monoisotopic (exact) mass is 273 g/mol. The molecule has 0 spiro atoms. The van der Waals surface area contributed by atoms with Crippen molar-refractivity contribution in [2.24, 2.45) is 11.8 Å². The summed E-state index contributed by atoms with van der Waals surface area (Å²) in [6, 6.07) is -0.459. The Morgan fingerprint density at radius 2 is 1.79 bits per heavy atom. The molecule has 0 heterocycles. The van der Waals surface area contributed by atoms with Crippen molar-refractivity contribution >= 4 is 17.9 Å². The minimum absolute atomic E-state index is 0.0827. The minimum atomic E-state index is -0.917. The van der Waals surface area contributed by atoms with E-state index in [0.29, 0.717) is 6.42 Å². The number of hydrogen-bond acceptors (Lipinski definition) is 3. The summed E-state index contributed by atoms with van der Waals surface area (Å²) in [4.78, 5) is 33.3. The molecule has 1 atom stereocenters. The van der Waals surface area contributed by atoms with Gasteiger partial charge < -0.3 is 21.1 Å². The summed E-state index contributed by atoms with van der Waals surface area (Å²) in [5, 5.41) is 16.4. The van der Waals surface area contributed by atoms with Crippen LogP contribution in [0.3, 0.4) is 0 Å². The van der Waals surface area contributed by atoms with Crippen molar-refractivity contribution in [3.05, 3.63) is 0 Å². The van der Waals surface area contributed by atoms with Gasteiger partial charge in [0.25, 0.3) is 0 Å². The maximum absolute atomic E-state index is 11.4. The number of rotatable bonds is 8. The molecule has 0 saturated carbocycles. The highest BCUT2D eigenvalue weighted by atomic mass is 16.4. The number of carboxylic acid groups (broad SMARTS) is 1. The molecule has 0 aromatic carbocycles. The first-order valence-corrected chi connectivity index (χ1v) is 6.31. The Labute approximate surface area is 113 Å². The molecule has 3 amide bonds. The molecule has 0 aliphatic carbocycles. The van der Waals surface area contributed by atoms with Gasteiger partial charge in [-0.15, -0.1) is 0 Å². The van der Waals surface area contributed by atoms with Crippen LogP contribution in [0.5, 0.6) is 0 Å². The molecule has 0 fully saturated rings. The lowest BCUT2D eigenvalue weighted by Crippen LogP contribution is -2.41. The zero-order valence-corrected chi connectivity index (χ0v) is 11.7. The summed E-state index contributed by atoms with van der Waals surface area (Å²) >= 11 is 0. The fraction of sp³-hybridized carbons (Fsp3) is 0.750. The molecule has 110 valence electrons. The van der Waals surface area contributed by atoms with E-state index in [4.69, 9.17) is 5.11 Å². The Hall–Kier alpha value is -1.79. The molecular weight excluding hydrogens is 250 g/mol. The van der Waals surface area contributed by atoms with Gasteiger partial charge in [-0.05, 0) is 12.3 Å². The third-order valence-electron chi connectivity index (χ3n) is 2.53. The molecule has 0 aliphatic heterocycles. The third-order valence-corrected chi connectivity index (χ3v) is 2.53. The number of aliphatic carboxylic acids is 1. The standard InChI is InChI=1S/C12H23N3O4/c1-8(2)6-9(11(17)18)7-15-12(19)14-5-4-10(16)13-3/h8-9H,4-7H2,1-3H3,(H,13,16)(H,17,18)(H2,14,15,19). The molecule has 0 aromatic heterocycles. The summed E-state index contributed by atoms with van der Waals surface area (Å²) in [7, 11) is 1.52. The summed E-state index contributed by atoms with van der Waals surface area (Å²) in [6.07, 6.45) is 0.701. The van der Waals surface area contributed by atoms with Gasteiger partial charge in [-0.1, -0.05) is 13.8 Å². The second kappa shape index (κ2) is 9.18. The van der Waals surface area contributed by atoms with E-state index in [1.54, 1.807) is 0 Å². The van der Waals surface area contributed by atoms with Crippen molar-refractivity contribution in [2.75, 3.05) is 20.1 Å². The van der Waals surface area contributed by atoms with Gasteiger partial charge in [0.2, 0.25) is 5.91 Å². The molecule has 0 bridgehead atoms. The van der Waals surface area contributed by atoms with Crippen molar-refractivity contribution in [3.8, 4) is 0 Å². The highest BCUT2D eigenvalue weighted by Crippen LogP contribution is 2.10. The molecule has 0 aliphatic rings. The number of carbonyl (C=O) groups excluding carboxylic acids is 2. The molecule has 0 saturated heterocycles. The third kappa shape index (κ3) is 8.87. The molecule has 19 heavy (non-hydrogen) atoms. The Kier molecular flexibility index (Phi) is 8.32. The summed E-state index contributed by atoms with van der Waals surface area (Å²) < 4.78 is 0. The van der Waals surface area contributed by atoms with Crippen LogP contribution in [0, 0.1) is 11.8 Å². The van der Waals surface area contributed by atoms with Gasteiger partial charge in [-0.3, -0.25) is 9.59 Å². The van der Waals surface area contributed by atoms with Crippen molar-refractivity contribution in [1.82, 2.24) is 16.0 Å².